The Morgan fingerprint density at radius 3 is 2.50 bits per heavy atom. The van der Waals surface area contributed by atoms with Crippen molar-refractivity contribution in [2.45, 2.75) is 25.7 Å². The van der Waals surface area contributed by atoms with Crippen molar-refractivity contribution in [3.63, 3.8) is 0 Å². The van der Waals surface area contributed by atoms with Crippen LogP contribution in [0.4, 0.5) is 5.69 Å². The number of phenolic OH excluding ortho intramolecular Hbond substituents is 1. The van der Waals surface area contributed by atoms with E-state index in [1.807, 2.05) is 0 Å². The molecule has 18 heavy (non-hydrogen) atoms. The number of anilines is 1. The number of aromatic hydroxyl groups is 1. The fourth-order valence-electron chi connectivity index (χ4n) is 1.38. The Bertz CT molecular complexity index is 448. The van der Waals surface area contributed by atoms with Gasteiger partial charge in [0.15, 0.2) is 0 Å². The minimum atomic E-state index is -0.870. The van der Waals surface area contributed by atoms with Crippen LogP contribution in [0.15, 0.2) is 18.2 Å². The fourth-order valence-corrected chi connectivity index (χ4v) is 1.55. The molecule has 0 aliphatic carbocycles. The summed E-state index contributed by atoms with van der Waals surface area (Å²) in [6, 6.07) is 4.40. The summed E-state index contributed by atoms with van der Waals surface area (Å²) >= 11 is 5.66. The van der Waals surface area contributed by atoms with Gasteiger partial charge in [-0.15, -0.1) is 0 Å². The van der Waals surface area contributed by atoms with E-state index in [0.717, 1.165) is 0 Å². The Morgan fingerprint density at radius 1 is 1.22 bits per heavy atom. The minimum absolute atomic E-state index is 0.0550. The number of hydrogen-bond donors (Lipinski definition) is 3. The molecule has 6 heteroatoms. The Kier molecular flexibility index (Phi) is 5.45. The number of nitrogens with one attached hydrogen (secondary N) is 1. The normalized spacial score (nSPS) is 10.1. The molecule has 1 aromatic rings. The van der Waals surface area contributed by atoms with Gasteiger partial charge in [-0.1, -0.05) is 11.6 Å². The second-order valence-corrected chi connectivity index (χ2v) is 4.25. The third kappa shape index (κ3) is 5.05. The standard InChI is InChI=1S/C12H14ClNO4/c13-8-5-6-9(10(15)7-8)14-11(16)3-1-2-4-12(17)18/h5-7,15H,1-4H2,(H,14,16)(H,17,18). The SMILES string of the molecule is O=C(O)CCCCC(=O)Nc1ccc(Cl)cc1O. The predicted octanol–water partition coefficient (Wildman–Crippen LogP) is 2.63. The topological polar surface area (TPSA) is 86.6 Å². The van der Waals surface area contributed by atoms with Crippen LogP contribution in [0.2, 0.25) is 5.02 Å². The number of rotatable bonds is 6. The second-order valence-electron chi connectivity index (χ2n) is 3.81. The minimum Gasteiger partial charge on any atom is -0.506 e. The van der Waals surface area contributed by atoms with Gasteiger partial charge in [0.25, 0.3) is 0 Å². The number of carboxylic acids is 1. The number of halogens is 1. The smallest absolute Gasteiger partial charge is 0.303 e. The number of aliphatic carboxylic acids is 1. The van der Waals surface area contributed by atoms with Gasteiger partial charge < -0.3 is 15.5 Å². The third-order valence-electron chi connectivity index (χ3n) is 2.28. The summed E-state index contributed by atoms with van der Waals surface area (Å²) in [5.74, 6) is -1.23. The van der Waals surface area contributed by atoms with Crippen LogP contribution in [0.1, 0.15) is 25.7 Å². The zero-order valence-electron chi connectivity index (χ0n) is 9.65. The lowest BCUT2D eigenvalue weighted by Crippen LogP contribution is -2.11. The van der Waals surface area contributed by atoms with Gasteiger partial charge >= 0.3 is 5.97 Å². The number of carbonyl (C=O) groups is 2. The Labute approximate surface area is 109 Å². The molecule has 1 rings (SSSR count). The molecule has 0 aliphatic rings. The molecule has 5 nitrogen and oxygen atoms in total. The highest BCUT2D eigenvalue weighted by Crippen LogP contribution is 2.26. The van der Waals surface area contributed by atoms with Crippen molar-refractivity contribution in [1.29, 1.82) is 0 Å². The van der Waals surface area contributed by atoms with E-state index in [2.05, 4.69) is 5.32 Å². The molecule has 1 aromatic carbocycles. The van der Waals surface area contributed by atoms with Crippen LogP contribution in [0.25, 0.3) is 0 Å². The predicted molar refractivity (Wildman–Crippen MR) is 67.9 cm³/mol. The molecule has 0 radical (unpaired) electrons. The zero-order chi connectivity index (χ0) is 13.5. The lowest BCUT2D eigenvalue weighted by atomic mass is 10.2. The van der Waals surface area contributed by atoms with E-state index in [-0.39, 0.29) is 24.5 Å². The number of hydrogen-bond acceptors (Lipinski definition) is 3. The van der Waals surface area contributed by atoms with E-state index >= 15 is 0 Å². The number of carbonyl (C=O) groups excluding carboxylic acids is 1. The molecule has 0 saturated heterocycles. The quantitative estimate of drug-likeness (QED) is 0.548. The Morgan fingerprint density at radius 2 is 1.89 bits per heavy atom. The lowest BCUT2D eigenvalue weighted by Gasteiger charge is -2.07. The number of unbranched alkanes of at least 4 members (excludes halogenated alkanes) is 1. The van der Waals surface area contributed by atoms with Crippen LogP contribution in [-0.4, -0.2) is 22.1 Å². The molecule has 1 amide bonds. The molecular formula is C12H14ClNO4. The summed E-state index contributed by atoms with van der Waals surface area (Å²) in [6.45, 7) is 0. The maximum atomic E-state index is 11.5. The third-order valence-corrected chi connectivity index (χ3v) is 2.51. The molecule has 0 aromatic heterocycles. The Balaban J connectivity index is 2.38. The van der Waals surface area contributed by atoms with Crippen LogP contribution in [0.3, 0.4) is 0 Å². The summed E-state index contributed by atoms with van der Waals surface area (Å²) < 4.78 is 0. The monoisotopic (exact) mass is 271 g/mol. The second kappa shape index (κ2) is 6.86. The van der Waals surface area contributed by atoms with Crippen molar-refractivity contribution in [3.05, 3.63) is 23.2 Å². The van der Waals surface area contributed by atoms with Gasteiger partial charge in [-0.25, -0.2) is 0 Å². The van der Waals surface area contributed by atoms with Crippen molar-refractivity contribution in [2.24, 2.45) is 0 Å². The molecular weight excluding hydrogens is 258 g/mol. The molecule has 0 unspecified atom stereocenters. The first-order chi connectivity index (χ1) is 8.49. The van der Waals surface area contributed by atoms with E-state index in [1.54, 1.807) is 6.07 Å². The number of phenols is 1. The zero-order valence-corrected chi connectivity index (χ0v) is 10.4. The van der Waals surface area contributed by atoms with Crippen molar-refractivity contribution in [3.8, 4) is 5.75 Å². The van der Waals surface area contributed by atoms with E-state index in [4.69, 9.17) is 16.7 Å². The van der Waals surface area contributed by atoms with Gasteiger partial charge in [0.05, 0.1) is 5.69 Å². The van der Waals surface area contributed by atoms with Crippen LogP contribution in [0.5, 0.6) is 5.75 Å². The highest BCUT2D eigenvalue weighted by Gasteiger charge is 2.07. The first-order valence-electron chi connectivity index (χ1n) is 5.49. The van der Waals surface area contributed by atoms with E-state index in [0.29, 0.717) is 23.6 Å². The molecule has 0 spiro atoms. The molecule has 0 fully saturated rings. The largest absolute Gasteiger partial charge is 0.506 e. The molecule has 0 atom stereocenters. The van der Waals surface area contributed by atoms with Gasteiger partial charge in [0.2, 0.25) is 5.91 Å². The van der Waals surface area contributed by atoms with Crippen LogP contribution in [0, 0.1) is 0 Å². The molecule has 3 N–H and O–H groups in total. The van der Waals surface area contributed by atoms with Gasteiger partial charge in [-0.2, -0.15) is 0 Å². The molecule has 98 valence electrons. The fraction of sp³-hybridized carbons (Fsp3) is 0.333. The first kappa shape index (κ1) is 14.3. The van der Waals surface area contributed by atoms with Crippen molar-refractivity contribution in [1.82, 2.24) is 0 Å². The molecule has 0 saturated carbocycles. The van der Waals surface area contributed by atoms with Crippen LogP contribution in [-0.2, 0) is 9.59 Å². The number of amides is 1. The van der Waals surface area contributed by atoms with Gasteiger partial charge in [0, 0.05) is 23.9 Å². The average molecular weight is 272 g/mol. The maximum Gasteiger partial charge on any atom is 0.303 e. The average Bonchev–Trinajstić information content (AvgIpc) is 2.28. The van der Waals surface area contributed by atoms with E-state index < -0.39 is 5.97 Å². The van der Waals surface area contributed by atoms with Crippen LogP contribution < -0.4 is 5.32 Å². The Hall–Kier alpha value is -1.75. The van der Waals surface area contributed by atoms with Gasteiger partial charge in [-0.05, 0) is 25.0 Å². The van der Waals surface area contributed by atoms with Gasteiger partial charge in [0.1, 0.15) is 5.75 Å². The van der Waals surface area contributed by atoms with E-state index in [1.165, 1.54) is 12.1 Å². The van der Waals surface area contributed by atoms with E-state index in [9.17, 15) is 14.7 Å². The van der Waals surface area contributed by atoms with Crippen LogP contribution >= 0.6 is 11.6 Å². The molecule has 0 heterocycles. The first-order valence-corrected chi connectivity index (χ1v) is 5.87. The highest BCUT2D eigenvalue weighted by atomic mass is 35.5. The maximum absolute atomic E-state index is 11.5. The van der Waals surface area contributed by atoms with Crippen molar-refractivity contribution >= 4 is 29.2 Å². The molecule has 0 aliphatic heterocycles. The highest BCUT2D eigenvalue weighted by molar-refractivity contribution is 6.30. The van der Waals surface area contributed by atoms with Gasteiger partial charge in [-0.3, -0.25) is 9.59 Å². The summed E-state index contributed by atoms with van der Waals surface area (Å²) in [4.78, 5) is 21.8. The lowest BCUT2D eigenvalue weighted by molar-refractivity contribution is -0.137. The number of carboxylic acid groups (broad SMARTS) is 1. The van der Waals surface area contributed by atoms with Crippen molar-refractivity contribution < 1.29 is 19.8 Å². The summed E-state index contributed by atoms with van der Waals surface area (Å²) in [6.07, 6.45) is 1.22. The number of benzene rings is 1. The summed E-state index contributed by atoms with van der Waals surface area (Å²) in [5, 5.41) is 20.8. The molecule has 0 bridgehead atoms. The summed E-state index contributed by atoms with van der Waals surface area (Å²) in [7, 11) is 0. The van der Waals surface area contributed by atoms with Crippen molar-refractivity contribution in [2.75, 3.05) is 5.32 Å². The summed E-state index contributed by atoms with van der Waals surface area (Å²) in [5.41, 5.74) is 0.294.